The number of nitrogens with zero attached hydrogens (tertiary/aromatic N) is 3. The first kappa shape index (κ1) is 19.4. The average Bonchev–Trinajstić information content (AvgIpc) is 3.11. The molecule has 1 amide bonds. The molecule has 0 radical (unpaired) electrons. The van der Waals surface area contributed by atoms with Gasteiger partial charge < -0.3 is 4.74 Å². The molecule has 0 atom stereocenters. The number of carbonyl (C=O) groups excluding carboxylic acids is 1. The maximum Gasteiger partial charge on any atom is 0.283 e. The van der Waals surface area contributed by atoms with Crippen LogP contribution in [0.1, 0.15) is 23.6 Å². The van der Waals surface area contributed by atoms with Gasteiger partial charge in [0.2, 0.25) is 5.17 Å². The summed E-state index contributed by atoms with van der Waals surface area (Å²) in [7, 11) is 0. The second-order valence-electron chi connectivity index (χ2n) is 6.41. The van der Waals surface area contributed by atoms with Crippen molar-refractivity contribution in [1.82, 2.24) is 5.01 Å². The van der Waals surface area contributed by atoms with Gasteiger partial charge in [0.15, 0.2) is 5.84 Å². The molecule has 2 aliphatic heterocycles. The van der Waals surface area contributed by atoms with Crippen LogP contribution in [0.5, 0.6) is 5.75 Å². The minimum Gasteiger partial charge on any atom is -0.493 e. The standard InChI is InChI=1S/C21H17ClN4O2S/c1-3-28-17-8-7-15(22)10-14(17)11-16-18(23)26-21(24-19(16)27)29-20(25-26)13-6-4-5-12(2)9-13/h4-11,23H,3H2,1-2H3. The third-order valence-corrected chi connectivity index (χ3v) is 5.48. The molecule has 0 fully saturated rings. The summed E-state index contributed by atoms with van der Waals surface area (Å²) in [4.78, 5) is 16.8. The summed E-state index contributed by atoms with van der Waals surface area (Å²) in [5.41, 5.74) is 2.77. The van der Waals surface area contributed by atoms with Gasteiger partial charge in [0, 0.05) is 16.1 Å². The summed E-state index contributed by atoms with van der Waals surface area (Å²) in [6, 6.07) is 13.1. The van der Waals surface area contributed by atoms with Gasteiger partial charge in [-0.2, -0.15) is 15.1 Å². The Bertz CT molecular complexity index is 1120. The van der Waals surface area contributed by atoms with Crippen molar-refractivity contribution in [2.24, 2.45) is 10.1 Å². The molecule has 0 saturated carbocycles. The number of hydrogen-bond donors (Lipinski definition) is 1. The van der Waals surface area contributed by atoms with Gasteiger partial charge >= 0.3 is 0 Å². The van der Waals surface area contributed by atoms with E-state index in [4.69, 9.17) is 21.7 Å². The number of amidine groups is 2. The van der Waals surface area contributed by atoms with Gasteiger partial charge in [-0.15, -0.1) is 0 Å². The molecule has 0 bridgehead atoms. The summed E-state index contributed by atoms with van der Waals surface area (Å²) in [6.07, 6.45) is 1.58. The molecule has 0 spiro atoms. The number of halogens is 1. The van der Waals surface area contributed by atoms with Crippen molar-refractivity contribution in [2.75, 3.05) is 6.61 Å². The zero-order valence-electron chi connectivity index (χ0n) is 15.8. The fourth-order valence-electron chi connectivity index (χ4n) is 2.96. The van der Waals surface area contributed by atoms with Crippen molar-refractivity contribution in [2.45, 2.75) is 13.8 Å². The van der Waals surface area contributed by atoms with E-state index in [0.717, 1.165) is 11.1 Å². The molecule has 0 aliphatic carbocycles. The lowest BCUT2D eigenvalue weighted by Crippen LogP contribution is -2.35. The van der Waals surface area contributed by atoms with Crippen molar-refractivity contribution < 1.29 is 9.53 Å². The third kappa shape index (κ3) is 3.83. The van der Waals surface area contributed by atoms with E-state index in [9.17, 15) is 4.79 Å². The number of thioether (sulfide) groups is 1. The summed E-state index contributed by atoms with van der Waals surface area (Å²) >= 11 is 7.39. The zero-order chi connectivity index (χ0) is 20.5. The second kappa shape index (κ2) is 7.85. The van der Waals surface area contributed by atoms with Gasteiger partial charge in [0.25, 0.3) is 5.91 Å². The Labute approximate surface area is 177 Å². The highest BCUT2D eigenvalue weighted by molar-refractivity contribution is 8.27. The fourth-order valence-corrected chi connectivity index (χ4v) is 4.03. The molecule has 0 saturated heterocycles. The average molecular weight is 425 g/mol. The molecular formula is C21H17ClN4O2S. The normalized spacial score (nSPS) is 17.3. The van der Waals surface area contributed by atoms with Crippen molar-refractivity contribution in [3.8, 4) is 5.75 Å². The molecule has 4 rings (SSSR count). The summed E-state index contributed by atoms with van der Waals surface area (Å²) in [5, 5.41) is 16.0. The summed E-state index contributed by atoms with van der Waals surface area (Å²) in [6.45, 7) is 4.35. The number of aryl methyl sites for hydroxylation is 1. The Balaban J connectivity index is 1.71. The highest BCUT2D eigenvalue weighted by Crippen LogP contribution is 2.32. The molecule has 8 heteroatoms. The van der Waals surface area contributed by atoms with Crippen molar-refractivity contribution in [3.63, 3.8) is 0 Å². The molecule has 2 heterocycles. The first-order chi connectivity index (χ1) is 14.0. The van der Waals surface area contributed by atoms with Crippen LogP contribution in [0, 0.1) is 12.3 Å². The van der Waals surface area contributed by atoms with Crippen molar-refractivity contribution in [3.05, 3.63) is 69.8 Å². The molecule has 1 N–H and O–H groups in total. The van der Waals surface area contributed by atoms with E-state index in [-0.39, 0.29) is 11.4 Å². The second-order valence-corrected chi connectivity index (χ2v) is 7.80. The van der Waals surface area contributed by atoms with E-state index < -0.39 is 5.91 Å². The van der Waals surface area contributed by atoms with Gasteiger partial charge in [-0.25, -0.2) is 0 Å². The lowest BCUT2D eigenvalue weighted by molar-refractivity contribution is -0.114. The fraction of sp³-hybridized carbons (Fsp3) is 0.143. The van der Waals surface area contributed by atoms with Crippen LogP contribution >= 0.6 is 23.4 Å². The third-order valence-electron chi connectivity index (χ3n) is 4.29. The van der Waals surface area contributed by atoms with Crippen LogP contribution in [-0.2, 0) is 4.79 Å². The monoisotopic (exact) mass is 424 g/mol. The Morgan fingerprint density at radius 1 is 1.28 bits per heavy atom. The van der Waals surface area contributed by atoms with Crippen LogP contribution in [0.3, 0.4) is 0 Å². The van der Waals surface area contributed by atoms with Crippen LogP contribution in [0.25, 0.3) is 6.08 Å². The number of nitrogens with one attached hydrogen (secondary N) is 1. The van der Waals surface area contributed by atoms with E-state index in [1.54, 1.807) is 24.3 Å². The number of rotatable bonds is 4. The maximum atomic E-state index is 12.6. The van der Waals surface area contributed by atoms with E-state index in [0.29, 0.717) is 33.2 Å². The minimum absolute atomic E-state index is 0.0300. The Kier molecular flexibility index (Phi) is 5.25. The molecular weight excluding hydrogens is 408 g/mol. The first-order valence-corrected chi connectivity index (χ1v) is 10.2. The van der Waals surface area contributed by atoms with Crippen LogP contribution in [0.4, 0.5) is 0 Å². The van der Waals surface area contributed by atoms with E-state index in [1.807, 2.05) is 38.1 Å². The Hall–Kier alpha value is -2.90. The number of benzene rings is 2. The molecule has 146 valence electrons. The van der Waals surface area contributed by atoms with Crippen LogP contribution in [0.2, 0.25) is 5.02 Å². The number of amides is 1. The van der Waals surface area contributed by atoms with Crippen LogP contribution < -0.4 is 4.74 Å². The summed E-state index contributed by atoms with van der Waals surface area (Å²) < 4.78 is 5.61. The quantitative estimate of drug-likeness (QED) is 0.720. The maximum absolute atomic E-state index is 12.6. The van der Waals surface area contributed by atoms with Crippen molar-refractivity contribution >= 4 is 51.4 Å². The van der Waals surface area contributed by atoms with Gasteiger partial charge in [-0.05, 0) is 56.0 Å². The zero-order valence-corrected chi connectivity index (χ0v) is 17.3. The highest BCUT2D eigenvalue weighted by Gasteiger charge is 2.36. The highest BCUT2D eigenvalue weighted by atomic mass is 35.5. The number of ether oxygens (including phenoxy) is 1. The number of carbonyl (C=O) groups is 1. The molecule has 0 aromatic heterocycles. The Morgan fingerprint density at radius 2 is 2.10 bits per heavy atom. The Morgan fingerprint density at radius 3 is 2.86 bits per heavy atom. The summed E-state index contributed by atoms with van der Waals surface area (Å²) in [5.74, 6) is 0.0639. The number of hydrogen-bond acceptors (Lipinski definition) is 5. The van der Waals surface area contributed by atoms with Crippen molar-refractivity contribution in [1.29, 1.82) is 5.41 Å². The smallest absolute Gasteiger partial charge is 0.283 e. The largest absolute Gasteiger partial charge is 0.493 e. The molecule has 6 nitrogen and oxygen atoms in total. The number of hydrazone groups is 1. The SMILES string of the molecule is CCOc1ccc(Cl)cc1C=C1C(=N)N2N=C(c3cccc(C)c3)SC2=NC1=O. The van der Waals surface area contributed by atoms with Gasteiger partial charge in [0.1, 0.15) is 10.8 Å². The molecule has 29 heavy (non-hydrogen) atoms. The van der Waals surface area contributed by atoms with Crippen LogP contribution in [0.15, 0.2) is 58.1 Å². The predicted molar refractivity (Wildman–Crippen MR) is 118 cm³/mol. The number of fused-ring (bicyclic) bond motifs is 1. The van der Waals surface area contributed by atoms with Gasteiger partial charge in [-0.3, -0.25) is 10.2 Å². The predicted octanol–water partition coefficient (Wildman–Crippen LogP) is 4.71. The van der Waals surface area contributed by atoms with Crippen LogP contribution in [-0.4, -0.2) is 33.6 Å². The number of aliphatic imine (C=N–C) groups is 1. The lowest BCUT2D eigenvalue weighted by Gasteiger charge is -2.20. The van der Waals surface area contributed by atoms with Gasteiger partial charge in [-0.1, -0.05) is 35.4 Å². The molecule has 0 unspecified atom stereocenters. The topological polar surface area (TPSA) is 78.1 Å². The lowest BCUT2D eigenvalue weighted by atomic mass is 10.1. The molecule has 2 aliphatic rings. The molecule has 2 aromatic carbocycles. The van der Waals surface area contributed by atoms with Gasteiger partial charge in [0.05, 0.1) is 12.2 Å². The molecule has 2 aromatic rings. The van der Waals surface area contributed by atoms with E-state index in [1.165, 1.54) is 16.8 Å². The minimum atomic E-state index is -0.489. The van der Waals surface area contributed by atoms with E-state index in [2.05, 4.69) is 10.1 Å². The first-order valence-electron chi connectivity index (χ1n) is 8.96. The van der Waals surface area contributed by atoms with E-state index >= 15 is 0 Å².